The Balaban J connectivity index is 1.54. The van der Waals surface area contributed by atoms with Crippen molar-refractivity contribution < 1.29 is 17.6 Å². The molecule has 0 atom stereocenters. The Morgan fingerprint density at radius 3 is 2.59 bits per heavy atom. The van der Waals surface area contributed by atoms with E-state index in [9.17, 15) is 13.2 Å². The molecular weight excluding hydrogens is 366 g/mol. The number of amides is 1. The van der Waals surface area contributed by atoms with Gasteiger partial charge in [0.15, 0.2) is 0 Å². The molecular formula is C19H25N3O4S. The molecule has 1 N–H and O–H groups in total. The van der Waals surface area contributed by atoms with Gasteiger partial charge in [-0.15, -0.1) is 0 Å². The zero-order chi connectivity index (χ0) is 19.3. The molecule has 1 aromatic carbocycles. The molecule has 0 saturated carbocycles. The first-order valence-corrected chi connectivity index (χ1v) is 10.7. The molecule has 2 heterocycles. The van der Waals surface area contributed by atoms with E-state index in [-0.39, 0.29) is 11.7 Å². The summed E-state index contributed by atoms with van der Waals surface area (Å²) in [6.45, 7) is 5.12. The molecule has 3 rings (SSSR count). The Morgan fingerprint density at radius 2 is 1.93 bits per heavy atom. The molecule has 7 nitrogen and oxygen atoms in total. The lowest BCUT2D eigenvalue weighted by molar-refractivity contribution is 0.0947. The summed E-state index contributed by atoms with van der Waals surface area (Å²) in [5.74, 6) is 0.703. The van der Waals surface area contributed by atoms with Gasteiger partial charge in [-0.3, -0.25) is 9.69 Å². The van der Waals surface area contributed by atoms with Crippen LogP contribution < -0.4 is 5.32 Å². The molecule has 0 aliphatic carbocycles. The number of nitrogens with one attached hydrogen (secondary N) is 1. The third-order valence-electron chi connectivity index (χ3n) is 4.69. The fourth-order valence-electron chi connectivity index (χ4n) is 3.10. The Bertz CT molecular complexity index is 857. The van der Waals surface area contributed by atoms with E-state index in [2.05, 4.69) is 10.2 Å². The Labute approximate surface area is 160 Å². The highest BCUT2D eigenvalue weighted by atomic mass is 32.2. The van der Waals surface area contributed by atoms with Crippen LogP contribution in [0.1, 0.15) is 28.6 Å². The standard InChI is InChI=1S/C19H25N3O4S/c1-2-27(24,25)22-10-8-21(9-11-22)15-16-5-3-6-17(13-16)19(23)20-14-18-7-4-12-26-18/h3-7,12-13H,2,8-11,14-15H2,1H3,(H,20,23). The largest absolute Gasteiger partial charge is 0.467 e. The lowest BCUT2D eigenvalue weighted by atomic mass is 10.1. The quantitative estimate of drug-likeness (QED) is 0.776. The highest BCUT2D eigenvalue weighted by molar-refractivity contribution is 7.89. The second-order valence-corrected chi connectivity index (χ2v) is 8.80. The van der Waals surface area contributed by atoms with E-state index in [4.69, 9.17) is 4.42 Å². The maximum Gasteiger partial charge on any atom is 0.251 e. The Morgan fingerprint density at radius 1 is 1.15 bits per heavy atom. The summed E-state index contributed by atoms with van der Waals surface area (Å²) < 4.78 is 30.7. The minimum atomic E-state index is -3.11. The fourth-order valence-corrected chi connectivity index (χ4v) is 4.18. The highest BCUT2D eigenvalue weighted by Crippen LogP contribution is 2.13. The third-order valence-corrected chi connectivity index (χ3v) is 6.57. The van der Waals surface area contributed by atoms with Crippen molar-refractivity contribution in [2.45, 2.75) is 20.0 Å². The predicted octanol–water partition coefficient (Wildman–Crippen LogP) is 1.68. The van der Waals surface area contributed by atoms with Crippen molar-refractivity contribution in [1.29, 1.82) is 0 Å². The van der Waals surface area contributed by atoms with E-state index in [0.717, 1.165) is 5.56 Å². The van der Waals surface area contributed by atoms with E-state index in [0.29, 0.717) is 50.6 Å². The van der Waals surface area contributed by atoms with E-state index in [1.807, 2.05) is 24.3 Å². The molecule has 0 radical (unpaired) electrons. The minimum Gasteiger partial charge on any atom is -0.467 e. The monoisotopic (exact) mass is 391 g/mol. The van der Waals surface area contributed by atoms with E-state index in [1.54, 1.807) is 29.6 Å². The molecule has 1 aromatic heterocycles. The highest BCUT2D eigenvalue weighted by Gasteiger charge is 2.25. The number of rotatable bonds is 7. The molecule has 27 heavy (non-hydrogen) atoms. The van der Waals surface area contributed by atoms with Crippen LogP contribution in [0.4, 0.5) is 0 Å². The Kier molecular flexibility index (Phi) is 6.30. The second-order valence-electron chi connectivity index (χ2n) is 6.54. The molecule has 2 aromatic rings. The zero-order valence-corrected chi connectivity index (χ0v) is 16.2. The van der Waals surface area contributed by atoms with Gasteiger partial charge < -0.3 is 9.73 Å². The smallest absolute Gasteiger partial charge is 0.251 e. The molecule has 1 fully saturated rings. The van der Waals surface area contributed by atoms with Crippen LogP contribution in [-0.2, 0) is 23.1 Å². The van der Waals surface area contributed by atoms with E-state index in [1.165, 1.54) is 0 Å². The van der Waals surface area contributed by atoms with Gasteiger partial charge in [0.25, 0.3) is 5.91 Å². The summed E-state index contributed by atoms with van der Waals surface area (Å²) in [5, 5.41) is 2.84. The van der Waals surface area contributed by atoms with Gasteiger partial charge in [-0.05, 0) is 36.8 Å². The van der Waals surface area contributed by atoms with Gasteiger partial charge >= 0.3 is 0 Å². The number of piperazine rings is 1. The average molecular weight is 391 g/mol. The maximum atomic E-state index is 12.3. The van der Waals surface area contributed by atoms with Crippen LogP contribution in [0.2, 0.25) is 0 Å². The molecule has 1 amide bonds. The topological polar surface area (TPSA) is 82.9 Å². The SMILES string of the molecule is CCS(=O)(=O)N1CCN(Cc2cccc(C(=O)NCc3ccco3)c2)CC1. The summed E-state index contributed by atoms with van der Waals surface area (Å²) in [7, 11) is -3.11. The van der Waals surface area contributed by atoms with Crippen LogP contribution in [0, 0.1) is 0 Å². The molecule has 1 aliphatic rings. The zero-order valence-electron chi connectivity index (χ0n) is 15.4. The van der Waals surface area contributed by atoms with Crippen LogP contribution in [0.3, 0.4) is 0 Å². The number of furan rings is 1. The van der Waals surface area contributed by atoms with E-state index >= 15 is 0 Å². The number of hydrogen-bond donors (Lipinski definition) is 1. The molecule has 0 bridgehead atoms. The van der Waals surface area contributed by atoms with Crippen LogP contribution in [0.25, 0.3) is 0 Å². The molecule has 8 heteroatoms. The first kappa shape index (κ1) is 19.6. The number of nitrogens with zero attached hydrogens (tertiary/aromatic N) is 2. The Hall–Kier alpha value is -2.16. The minimum absolute atomic E-state index is 0.141. The average Bonchev–Trinajstić information content (AvgIpc) is 3.20. The number of sulfonamides is 1. The van der Waals surface area contributed by atoms with Crippen molar-refractivity contribution in [2.75, 3.05) is 31.9 Å². The molecule has 1 saturated heterocycles. The lowest BCUT2D eigenvalue weighted by Gasteiger charge is -2.33. The number of hydrogen-bond acceptors (Lipinski definition) is 5. The summed E-state index contributed by atoms with van der Waals surface area (Å²) in [6, 6.07) is 11.1. The van der Waals surface area contributed by atoms with Crippen LogP contribution >= 0.6 is 0 Å². The van der Waals surface area contributed by atoms with Crippen molar-refractivity contribution in [3.8, 4) is 0 Å². The number of carbonyl (C=O) groups is 1. The van der Waals surface area contributed by atoms with Gasteiger partial charge in [-0.1, -0.05) is 12.1 Å². The van der Waals surface area contributed by atoms with Crippen LogP contribution in [0.15, 0.2) is 47.1 Å². The number of benzene rings is 1. The molecule has 146 valence electrons. The van der Waals surface area contributed by atoms with E-state index < -0.39 is 10.0 Å². The predicted molar refractivity (Wildman–Crippen MR) is 103 cm³/mol. The summed E-state index contributed by atoms with van der Waals surface area (Å²) in [4.78, 5) is 14.5. The van der Waals surface area contributed by atoms with Crippen molar-refractivity contribution in [3.63, 3.8) is 0 Å². The van der Waals surface area contributed by atoms with Gasteiger partial charge in [0.2, 0.25) is 10.0 Å². The van der Waals surface area contributed by atoms with Crippen molar-refractivity contribution >= 4 is 15.9 Å². The maximum absolute atomic E-state index is 12.3. The van der Waals surface area contributed by atoms with Gasteiger partial charge in [-0.25, -0.2) is 8.42 Å². The van der Waals surface area contributed by atoms with Crippen LogP contribution in [-0.4, -0.2) is 55.5 Å². The summed E-state index contributed by atoms with van der Waals surface area (Å²) >= 11 is 0. The second kappa shape index (κ2) is 8.69. The van der Waals surface area contributed by atoms with Crippen molar-refractivity contribution in [2.24, 2.45) is 0 Å². The first-order chi connectivity index (χ1) is 13.0. The lowest BCUT2D eigenvalue weighted by Crippen LogP contribution is -2.48. The molecule has 1 aliphatic heterocycles. The first-order valence-electron chi connectivity index (χ1n) is 9.07. The number of carbonyl (C=O) groups excluding carboxylic acids is 1. The van der Waals surface area contributed by atoms with Gasteiger partial charge in [0.1, 0.15) is 5.76 Å². The van der Waals surface area contributed by atoms with Crippen LogP contribution in [0.5, 0.6) is 0 Å². The fraction of sp³-hybridized carbons (Fsp3) is 0.421. The van der Waals surface area contributed by atoms with Gasteiger partial charge in [-0.2, -0.15) is 4.31 Å². The normalized spacial score (nSPS) is 16.3. The third kappa shape index (κ3) is 5.18. The molecule has 0 spiro atoms. The van der Waals surface area contributed by atoms with Crippen molar-refractivity contribution in [3.05, 3.63) is 59.5 Å². The van der Waals surface area contributed by atoms with Crippen molar-refractivity contribution in [1.82, 2.24) is 14.5 Å². The van der Waals surface area contributed by atoms with Gasteiger partial charge in [0.05, 0.1) is 18.6 Å². The summed E-state index contributed by atoms with van der Waals surface area (Å²) in [5.41, 5.74) is 1.64. The molecule has 0 unspecified atom stereocenters. The summed E-state index contributed by atoms with van der Waals surface area (Å²) in [6.07, 6.45) is 1.58. The van der Waals surface area contributed by atoms with Gasteiger partial charge in [0, 0.05) is 38.3 Å².